The maximum Gasteiger partial charge on any atom is 0.339 e. The molecule has 0 amide bonds. The van der Waals surface area contributed by atoms with Crippen LogP contribution in [0.1, 0.15) is 22.3 Å². The van der Waals surface area contributed by atoms with E-state index in [9.17, 15) is 18.3 Å². The molecule has 19 heavy (non-hydrogen) atoms. The second-order valence-electron chi connectivity index (χ2n) is 3.91. The van der Waals surface area contributed by atoms with Gasteiger partial charge in [0.2, 0.25) is 10.0 Å². The van der Waals surface area contributed by atoms with E-state index in [0.717, 1.165) is 12.1 Å². The molecular formula is C11H15NO6S. The summed E-state index contributed by atoms with van der Waals surface area (Å²) in [6.45, 7) is 1.34. The number of aromatic carboxylic acids is 1. The molecule has 7 nitrogen and oxygen atoms in total. The van der Waals surface area contributed by atoms with E-state index in [-0.39, 0.29) is 30.0 Å². The summed E-state index contributed by atoms with van der Waals surface area (Å²) in [4.78, 5) is 10.7. The standard InChI is InChI=1S/C11H15NO6S/c1-7-5-9(14)8(11(15)16)6-10(7)19(17,18)12-3-2-4-13/h5-6,12-14H,2-4H2,1H3,(H,15,16). The number of hydrogen-bond acceptors (Lipinski definition) is 5. The fourth-order valence-electron chi connectivity index (χ4n) is 1.50. The van der Waals surface area contributed by atoms with Crippen molar-refractivity contribution in [3.8, 4) is 5.75 Å². The molecule has 0 aliphatic heterocycles. The van der Waals surface area contributed by atoms with Crippen LogP contribution in [0.5, 0.6) is 5.75 Å². The number of phenols is 1. The highest BCUT2D eigenvalue weighted by atomic mass is 32.2. The maximum atomic E-state index is 11.9. The number of hydrogen-bond donors (Lipinski definition) is 4. The van der Waals surface area contributed by atoms with E-state index in [1.165, 1.54) is 6.92 Å². The zero-order valence-corrected chi connectivity index (χ0v) is 11.1. The predicted octanol–water partition coefficient (Wildman–Crippen LogP) is 0.0595. The van der Waals surface area contributed by atoms with Crippen LogP contribution < -0.4 is 4.72 Å². The molecule has 0 aliphatic rings. The van der Waals surface area contributed by atoms with E-state index in [1.807, 2.05) is 0 Å². The second kappa shape index (κ2) is 6.00. The Morgan fingerprint density at radius 1 is 1.37 bits per heavy atom. The summed E-state index contributed by atoms with van der Waals surface area (Å²) in [5, 5.41) is 26.9. The van der Waals surface area contributed by atoms with Crippen molar-refractivity contribution in [1.82, 2.24) is 4.72 Å². The Morgan fingerprint density at radius 2 is 2.00 bits per heavy atom. The topological polar surface area (TPSA) is 124 Å². The highest BCUT2D eigenvalue weighted by molar-refractivity contribution is 7.89. The molecule has 0 bridgehead atoms. The monoisotopic (exact) mass is 289 g/mol. The zero-order chi connectivity index (χ0) is 14.6. The predicted molar refractivity (Wildman–Crippen MR) is 66.7 cm³/mol. The van der Waals surface area contributed by atoms with Crippen molar-refractivity contribution in [3.63, 3.8) is 0 Å². The third-order valence-corrected chi connectivity index (χ3v) is 4.04. The Hall–Kier alpha value is -1.64. The molecule has 0 radical (unpaired) electrons. The van der Waals surface area contributed by atoms with E-state index >= 15 is 0 Å². The molecule has 106 valence electrons. The molecule has 0 aliphatic carbocycles. The molecule has 0 heterocycles. The van der Waals surface area contributed by atoms with Gasteiger partial charge in [-0.1, -0.05) is 0 Å². The largest absolute Gasteiger partial charge is 0.507 e. The summed E-state index contributed by atoms with van der Waals surface area (Å²) in [7, 11) is -3.87. The first kappa shape index (κ1) is 15.4. The first-order chi connectivity index (χ1) is 8.79. The molecule has 0 fully saturated rings. The fourth-order valence-corrected chi connectivity index (χ4v) is 2.82. The molecular weight excluding hydrogens is 274 g/mol. The molecule has 0 aromatic heterocycles. The normalized spacial score (nSPS) is 11.5. The molecule has 1 rings (SSSR count). The average Bonchev–Trinajstić information content (AvgIpc) is 2.28. The van der Waals surface area contributed by atoms with Crippen molar-refractivity contribution in [3.05, 3.63) is 23.3 Å². The quantitative estimate of drug-likeness (QED) is 0.549. The minimum absolute atomic E-state index is 0.0432. The van der Waals surface area contributed by atoms with Gasteiger partial charge in [0.1, 0.15) is 11.3 Å². The third-order valence-electron chi connectivity index (χ3n) is 2.44. The number of carbonyl (C=O) groups is 1. The Morgan fingerprint density at radius 3 is 2.53 bits per heavy atom. The second-order valence-corrected chi connectivity index (χ2v) is 5.65. The van der Waals surface area contributed by atoms with Gasteiger partial charge in [-0.2, -0.15) is 0 Å². The van der Waals surface area contributed by atoms with Gasteiger partial charge in [0, 0.05) is 13.2 Å². The van der Waals surface area contributed by atoms with Crippen LogP contribution in [-0.4, -0.2) is 42.9 Å². The van der Waals surface area contributed by atoms with Crippen LogP contribution in [0.25, 0.3) is 0 Å². The lowest BCUT2D eigenvalue weighted by molar-refractivity contribution is 0.0693. The van der Waals surface area contributed by atoms with Gasteiger partial charge in [-0.25, -0.2) is 17.9 Å². The Bertz CT molecular complexity index is 581. The van der Waals surface area contributed by atoms with Crippen LogP contribution >= 0.6 is 0 Å². The van der Waals surface area contributed by atoms with Crippen LogP contribution in [0, 0.1) is 6.92 Å². The van der Waals surface area contributed by atoms with E-state index in [0.29, 0.717) is 0 Å². The number of aliphatic hydroxyl groups excluding tert-OH is 1. The minimum atomic E-state index is -3.87. The van der Waals surface area contributed by atoms with Crippen molar-refractivity contribution < 1.29 is 28.5 Å². The number of carboxylic acid groups (broad SMARTS) is 1. The molecule has 0 saturated heterocycles. The maximum absolute atomic E-state index is 11.9. The van der Waals surface area contributed by atoms with Crippen LogP contribution in [0.15, 0.2) is 17.0 Å². The Labute approximate surface area is 110 Å². The molecule has 0 saturated carbocycles. The lowest BCUT2D eigenvalue weighted by Crippen LogP contribution is -2.26. The lowest BCUT2D eigenvalue weighted by Gasteiger charge is -2.10. The summed E-state index contributed by atoms with van der Waals surface area (Å²) < 4.78 is 26.1. The molecule has 0 atom stereocenters. The van der Waals surface area contributed by atoms with Gasteiger partial charge in [0.05, 0.1) is 4.90 Å². The average molecular weight is 289 g/mol. The van der Waals surface area contributed by atoms with Gasteiger partial charge in [0.25, 0.3) is 0 Å². The van der Waals surface area contributed by atoms with Crippen molar-refractivity contribution in [1.29, 1.82) is 0 Å². The number of aliphatic hydroxyl groups is 1. The number of rotatable bonds is 6. The molecule has 0 spiro atoms. The first-order valence-corrected chi connectivity index (χ1v) is 6.95. The molecule has 8 heteroatoms. The van der Waals surface area contributed by atoms with Crippen LogP contribution in [-0.2, 0) is 10.0 Å². The highest BCUT2D eigenvalue weighted by Gasteiger charge is 2.21. The van der Waals surface area contributed by atoms with E-state index in [1.54, 1.807) is 0 Å². The Kier molecular flexibility index (Phi) is 4.87. The number of aryl methyl sites for hydroxylation is 1. The minimum Gasteiger partial charge on any atom is -0.507 e. The third kappa shape index (κ3) is 3.66. The summed E-state index contributed by atoms with van der Waals surface area (Å²) in [6.07, 6.45) is 0.252. The molecule has 4 N–H and O–H groups in total. The smallest absolute Gasteiger partial charge is 0.339 e. The summed E-state index contributed by atoms with van der Waals surface area (Å²) in [6, 6.07) is 2.00. The van der Waals surface area contributed by atoms with E-state index in [4.69, 9.17) is 10.2 Å². The van der Waals surface area contributed by atoms with Gasteiger partial charge in [0.15, 0.2) is 0 Å². The summed E-state index contributed by atoms with van der Waals surface area (Å²) >= 11 is 0. The Balaban J connectivity index is 3.19. The zero-order valence-electron chi connectivity index (χ0n) is 10.3. The molecule has 0 unspecified atom stereocenters. The molecule has 1 aromatic rings. The summed E-state index contributed by atoms with van der Waals surface area (Å²) in [5.74, 6) is -1.90. The van der Waals surface area contributed by atoms with Gasteiger partial charge in [-0.05, 0) is 31.0 Å². The lowest BCUT2D eigenvalue weighted by atomic mass is 10.1. The van der Waals surface area contributed by atoms with Gasteiger partial charge in [-0.15, -0.1) is 0 Å². The number of sulfonamides is 1. The first-order valence-electron chi connectivity index (χ1n) is 5.47. The van der Waals surface area contributed by atoms with Crippen LogP contribution in [0.3, 0.4) is 0 Å². The van der Waals surface area contributed by atoms with Crippen molar-refractivity contribution >= 4 is 16.0 Å². The van der Waals surface area contributed by atoms with Gasteiger partial charge in [-0.3, -0.25) is 0 Å². The van der Waals surface area contributed by atoms with Crippen molar-refractivity contribution in [2.75, 3.05) is 13.2 Å². The van der Waals surface area contributed by atoms with Crippen LogP contribution in [0.4, 0.5) is 0 Å². The van der Waals surface area contributed by atoms with Crippen molar-refractivity contribution in [2.45, 2.75) is 18.2 Å². The number of benzene rings is 1. The van der Waals surface area contributed by atoms with Crippen molar-refractivity contribution in [2.24, 2.45) is 0 Å². The van der Waals surface area contributed by atoms with E-state index in [2.05, 4.69) is 4.72 Å². The highest BCUT2D eigenvalue weighted by Crippen LogP contribution is 2.25. The van der Waals surface area contributed by atoms with Gasteiger partial charge < -0.3 is 15.3 Å². The van der Waals surface area contributed by atoms with Crippen LogP contribution in [0.2, 0.25) is 0 Å². The van der Waals surface area contributed by atoms with Gasteiger partial charge >= 0.3 is 5.97 Å². The number of aromatic hydroxyl groups is 1. The molecule has 1 aromatic carbocycles. The number of nitrogens with one attached hydrogen (secondary N) is 1. The number of carboxylic acids is 1. The SMILES string of the molecule is Cc1cc(O)c(C(=O)O)cc1S(=O)(=O)NCCCO. The summed E-state index contributed by atoms with van der Waals surface area (Å²) in [5.41, 5.74) is -0.243. The van der Waals surface area contributed by atoms with E-state index < -0.39 is 27.3 Å². The fraction of sp³-hybridized carbons (Fsp3) is 0.364.